The van der Waals surface area contributed by atoms with Gasteiger partial charge in [-0.25, -0.2) is 0 Å². The van der Waals surface area contributed by atoms with Crippen molar-refractivity contribution >= 4 is 17.7 Å². The van der Waals surface area contributed by atoms with E-state index in [1.807, 2.05) is 28.6 Å². The first-order valence-electron chi connectivity index (χ1n) is 8.96. The molecule has 2 unspecified atom stereocenters. The Kier molecular flexibility index (Phi) is 5.98. The van der Waals surface area contributed by atoms with Crippen molar-refractivity contribution in [1.29, 1.82) is 0 Å². The molecule has 140 valence electrons. The zero-order valence-electron chi connectivity index (χ0n) is 15.5. The number of carbonyl (C=O) groups is 1. The van der Waals surface area contributed by atoms with Crippen LogP contribution in [0.5, 0.6) is 0 Å². The molecule has 1 aliphatic heterocycles. The fourth-order valence-electron chi connectivity index (χ4n) is 3.32. The zero-order valence-corrected chi connectivity index (χ0v) is 16.3. The molecule has 1 aromatic heterocycles. The van der Waals surface area contributed by atoms with Crippen LogP contribution in [-0.2, 0) is 18.3 Å². The van der Waals surface area contributed by atoms with Crippen LogP contribution in [-0.4, -0.2) is 50.4 Å². The summed E-state index contributed by atoms with van der Waals surface area (Å²) in [6.07, 6.45) is 2.10. The fourth-order valence-corrected chi connectivity index (χ4v) is 4.23. The quantitative estimate of drug-likeness (QED) is 0.786. The second-order valence-corrected chi connectivity index (χ2v) is 8.43. The molecule has 1 saturated heterocycles. The SMILES string of the molecule is CC1CN(C(=O)Cc2cccc([C@H](C)Sc3nncn3C)c2)CC1CO. The molecule has 1 fully saturated rings. The molecule has 3 rings (SSSR count). The number of carbonyl (C=O) groups excluding carboxylic acids is 1. The summed E-state index contributed by atoms with van der Waals surface area (Å²) in [6, 6.07) is 8.20. The highest BCUT2D eigenvalue weighted by atomic mass is 32.2. The standard InChI is InChI=1S/C19H26N4O2S/c1-13-9-23(10-17(13)11-24)18(25)8-15-5-4-6-16(7-15)14(2)26-19-21-20-12-22(19)3/h4-7,12-14,17,24H,8-11H2,1-3H3/t13?,14-,17?/m0/s1. The van der Waals surface area contributed by atoms with Crippen molar-refractivity contribution in [2.45, 2.75) is 30.7 Å². The van der Waals surface area contributed by atoms with Crippen molar-refractivity contribution < 1.29 is 9.90 Å². The number of aliphatic hydroxyl groups excluding tert-OH is 1. The Morgan fingerprint density at radius 2 is 2.23 bits per heavy atom. The van der Waals surface area contributed by atoms with E-state index in [9.17, 15) is 9.90 Å². The molecule has 0 saturated carbocycles. The maximum atomic E-state index is 12.6. The second-order valence-electron chi connectivity index (χ2n) is 7.12. The maximum absolute atomic E-state index is 12.6. The first-order valence-corrected chi connectivity index (χ1v) is 9.84. The average Bonchev–Trinajstić information content (AvgIpc) is 3.20. The van der Waals surface area contributed by atoms with E-state index in [1.54, 1.807) is 18.1 Å². The Balaban J connectivity index is 1.64. The van der Waals surface area contributed by atoms with Gasteiger partial charge in [-0.15, -0.1) is 10.2 Å². The Hall–Kier alpha value is -1.86. The van der Waals surface area contributed by atoms with Gasteiger partial charge in [-0.2, -0.15) is 0 Å². The molecular formula is C19H26N4O2S. The van der Waals surface area contributed by atoms with E-state index < -0.39 is 0 Å². The second kappa shape index (κ2) is 8.22. The van der Waals surface area contributed by atoms with Crippen molar-refractivity contribution in [2.24, 2.45) is 18.9 Å². The van der Waals surface area contributed by atoms with E-state index >= 15 is 0 Å². The minimum atomic E-state index is 0.138. The van der Waals surface area contributed by atoms with Gasteiger partial charge < -0.3 is 14.6 Å². The van der Waals surface area contributed by atoms with Gasteiger partial charge in [0.25, 0.3) is 0 Å². The van der Waals surface area contributed by atoms with Gasteiger partial charge in [0, 0.05) is 37.9 Å². The number of amides is 1. The number of nitrogens with zero attached hydrogens (tertiary/aromatic N) is 4. The highest BCUT2D eigenvalue weighted by molar-refractivity contribution is 7.99. The molecule has 0 aliphatic carbocycles. The van der Waals surface area contributed by atoms with E-state index in [0.717, 1.165) is 17.3 Å². The third kappa shape index (κ3) is 4.27. The van der Waals surface area contributed by atoms with Gasteiger partial charge >= 0.3 is 0 Å². The normalized spacial score (nSPS) is 21.2. The van der Waals surface area contributed by atoms with E-state index in [1.165, 1.54) is 5.56 Å². The average molecular weight is 375 g/mol. The third-order valence-corrected chi connectivity index (χ3v) is 6.29. The molecule has 3 atom stereocenters. The molecule has 1 N–H and O–H groups in total. The summed E-state index contributed by atoms with van der Waals surface area (Å²) in [5, 5.41) is 18.5. The summed E-state index contributed by atoms with van der Waals surface area (Å²) in [6.45, 7) is 5.78. The van der Waals surface area contributed by atoms with Gasteiger partial charge in [-0.1, -0.05) is 43.0 Å². The van der Waals surface area contributed by atoms with Crippen LogP contribution >= 0.6 is 11.8 Å². The van der Waals surface area contributed by atoms with Crippen LogP contribution in [0.25, 0.3) is 0 Å². The number of hydrogen-bond donors (Lipinski definition) is 1. The van der Waals surface area contributed by atoms with Gasteiger partial charge in [0.05, 0.1) is 6.42 Å². The molecular weight excluding hydrogens is 348 g/mol. The maximum Gasteiger partial charge on any atom is 0.227 e. The molecule has 6 nitrogen and oxygen atoms in total. The fraction of sp³-hybridized carbons (Fsp3) is 0.526. The van der Waals surface area contributed by atoms with Crippen molar-refractivity contribution in [2.75, 3.05) is 19.7 Å². The van der Waals surface area contributed by atoms with E-state index in [2.05, 4.69) is 36.2 Å². The van der Waals surface area contributed by atoms with Crippen LogP contribution in [0.3, 0.4) is 0 Å². The van der Waals surface area contributed by atoms with Crippen molar-refractivity contribution in [3.63, 3.8) is 0 Å². The minimum absolute atomic E-state index is 0.138. The number of aryl methyl sites for hydroxylation is 1. The van der Waals surface area contributed by atoms with Gasteiger partial charge in [0.2, 0.25) is 5.91 Å². The lowest BCUT2D eigenvalue weighted by atomic mass is 10.00. The van der Waals surface area contributed by atoms with Crippen LogP contribution in [0.4, 0.5) is 0 Å². The predicted molar refractivity (Wildman–Crippen MR) is 102 cm³/mol. The molecule has 1 aromatic carbocycles. The monoisotopic (exact) mass is 374 g/mol. The molecule has 1 amide bonds. The summed E-state index contributed by atoms with van der Waals surface area (Å²) in [5.41, 5.74) is 2.20. The Morgan fingerprint density at radius 1 is 1.42 bits per heavy atom. The predicted octanol–water partition coefficient (Wildman–Crippen LogP) is 2.30. The van der Waals surface area contributed by atoms with Gasteiger partial charge in [-0.05, 0) is 24.0 Å². The third-order valence-electron chi connectivity index (χ3n) is 5.08. The summed E-state index contributed by atoms with van der Waals surface area (Å²) in [7, 11) is 1.93. The molecule has 7 heteroatoms. The lowest BCUT2D eigenvalue weighted by Crippen LogP contribution is -2.30. The van der Waals surface area contributed by atoms with Crippen molar-refractivity contribution in [3.8, 4) is 0 Å². The van der Waals surface area contributed by atoms with Crippen molar-refractivity contribution in [3.05, 3.63) is 41.7 Å². The van der Waals surface area contributed by atoms with Crippen LogP contribution in [0.1, 0.15) is 30.2 Å². The number of thioether (sulfide) groups is 1. The summed E-state index contributed by atoms with van der Waals surface area (Å²) in [5.74, 6) is 0.699. The number of benzene rings is 1. The number of aliphatic hydroxyl groups is 1. The van der Waals surface area contributed by atoms with E-state index in [0.29, 0.717) is 18.9 Å². The highest BCUT2D eigenvalue weighted by Crippen LogP contribution is 2.33. The number of rotatable bonds is 6. The zero-order chi connectivity index (χ0) is 18.7. The number of hydrogen-bond acceptors (Lipinski definition) is 5. The molecule has 26 heavy (non-hydrogen) atoms. The van der Waals surface area contributed by atoms with Gasteiger partial charge in [-0.3, -0.25) is 4.79 Å². The van der Waals surface area contributed by atoms with Gasteiger partial charge in [0.1, 0.15) is 6.33 Å². The first kappa shape index (κ1) is 18.9. The smallest absolute Gasteiger partial charge is 0.227 e. The lowest BCUT2D eigenvalue weighted by Gasteiger charge is -2.17. The van der Waals surface area contributed by atoms with Gasteiger partial charge in [0.15, 0.2) is 5.16 Å². The van der Waals surface area contributed by atoms with Crippen LogP contribution in [0.2, 0.25) is 0 Å². The molecule has 0 bridgehead atoms. The largest absolute Gasteiger partial charge is 0.396 e. The topological polar surface area (TPSA) is 71.2 Å². The number of aromatic nitrogens is 3. The van der Waals surface area contributed by atoms with Crippen LogP contribution in [0.15, 0.2) is 35.7 Å². The molecule has 2 heterocycles. The Bertz CT molecular complexity index is 764. The molecule has 1 aliphatic rings. The Morgan fingerprint density at radius 3 is 2.88 bits per heavy atom. The van der Waals surface area contributed by atoms with E-state index in [4.69, 9.17) is 0 Å². The van der Waals surface area contributed by atoms with Crippen LogP contribution in [0, 0.1) is 11.8 Å². The first-order chi connectivity index (χ1) is 12.5. The van der Waals surface area contributed by atoms with E-state index in [-0.39, 0.29) is 23.7 Å². The highest BCUT2D eigenvalue weighted by Gasteiger charge is 2.31. The lowest BCUT2D eigenvalue weighted by molar-refractivity contribution is -0.129. The summed E-state index contributed by atoms with van der Waals surface area (Å²) >= 11 is 1.65. The summed E-state index contributed by atoms with van der Waals surface area (Å²) in [4.78, 5) is 14.5. The number of likely N-dealkylation sites (tertiary alicyclic amines) is 1. The molecule has 2 aromatic rings. The molecule has 0 spiro atoms. The molecule has 0 radical (unpaired) electrons. The minimum Gasteiger partial charge on any atom is -0.396 e. The van der Waals surface area contributed by atoms with Crippen molar-refractivity contribution in [1.82, 2.24) is 19.7 Å². The Labute approximate surface area is 158 Å². The summed E-state index contributed by atoms with van der Waals surface area (Å²) < 4.78 is 1.90. The van der Waals surface area contributed by atoms with Crippen LogP contribution < -0.4 is 0 Å².